The number of rotatable bonds is 3. The van der Waals surface area contributed by atoms with Gasteiger partial charge in [0.25, 0.3) is 0 Å². The second-order valence-electron chi connectivity index (χ2n) is 4.53. The van der Waals surface area contributed by atoms with Crippen molar-refractivity contribution in [3.05, 3.63) is 12.2 Å². The molecule has 0 aromatic heterocycles. The van der Waals surface area contributed by atoms with Crippen LogP contribution in [-0.2, 0) is 14.4 Å². The van der Waals surface area contributed by atoms with Gasteiger partial charge in [-0.15, -0.1) is 0 Å². The monoisotopic (exact) mass is 206 g/mol. The van der Waals surface area contributed by atoms with Crippen LogP contribution in [0.5, 0.6) is 0 Å². The summed E-state index contributed by atoms with van der Waals surface area (Å²) in [6, 6.07) is 0. The van der Waals surface area contributed by atoms with Gasteiger partial charge in [-0.25, -0.2) is 0 Å². The minimum atomic E-state index is -0.271. The molecule has 3 nitrogen and oxygen atoms in total. The highest BCUT2D eigenvalue weighted by molar-refractivity contribution is 5.90. The van der Waals surface area contributed by atoms with E-state index in [0.717, 1.165) is 6.29 Å². The first kappa shape index (κ1) is 10.3. The van der Waals surface area contributed by atoms with Crippen molar-refractivity contribution in [1.29, 1.82) is 0 Å². The molecule has 2 bridgehead atoms. The van der Waals surface area contributed by atoms with Crippen LogP contribution in [0.1, 0.15) is 13.8 Å². The van der Waals surface area contributed by atoms with Gasteiger partial charge in [0.15, 0.2) is 0 Å². The highest BCUT2D eigenvalue weighted by Gasteiger charge is 2.54. The van der Waals surface area contributed by atoms with Crippen molar-refractivity contribution in [2.45, 2.75) is 13.8 Å². The van der Waals surface area contributed by atoms with Gasteiger partial charge in [0.2, 0.25) is 0 Å². The maximum atomic E-state index is 11.5. The van der Waals surface area contributed by atoms with Crippen LogP contribution in [-0.4, -0.2) is 17.9 Å². The van der Waals surface area contributed by atoms with E-state index in [1.165, 1.54) is 13.8 Å². The first-order chi connectivity index (χ1) is 7.07. The van der Waals surface area contributed by atoms with Crippen LogP contribution in [0.25, 0.3) is 0 Å². The molecule has 0 N–H and O–H groups in total. The first-order valence-electron chi connectivity index (χ1n) is 5.22. The van der Waals surface area contributed by atoms with Gasteiger partial charge in [-0.2, -0.15) is 0 Å². The van der Waals surface area contributed by atoms with E-state index in [-0.39, 0.29) is 41.2 Å². The topological polar surface area (TPSA) is 51.2 Å². The van der Waals surface area contributed by atoms with Crippen molar-refractivity contribution in [3.8, 4) is 0 Å². The Hall–Kier alpha value is -1.25. The SMILES string of the molecule is CC(=O)[C@@H]1[C@H](C(C)=O)[C@H]2C=C[C@@H]1C2C=O. The molecule has 0 spiro atoms. The normalized spacial score (nSPS) is 41.9. The van der Waals surface area contributed by atoms with E-state index >= 15 is 0 Å². The predicted molar refractivity (Wildman–Crippen MR) is 54.0 cm³/mol. The summed E-state index contributed by atoms with van der Waals surface area (Å²) in [7, 11) is 0. The molecule has 1 unspecified atom stereocenters. The molecular weight excluding hydrogens is 192 g/mol. The number of carbonyl (C=O) groups is 3. The van der Waals surface area contributed by atoms with Crippen LogP contribution in [0.3, 0.4) is 0 Å². The largest absolute Gasteiger partial charge is 0.303 e. The van der Waals surface area contributed by atoms with Gasteiger partial charge < -0.3 is 4.79 Å². The lowest BCUT2D eigenvalue weighted by atomic mass is 9.79. The molecule has 0 heterocycles. The molecule has 15 heavy (non-hydrogen) atoms. The summed E-state index contributed by atoms with van der Waals surface area (Å²) in [5.41, 5.74) is 0. The van der Waals surface area contributed by atoms with E-state index in [1.807, 2.05) is 12.2 Å². The average Bonchev–Trinajstić information content (AvgIpc) is 2.70. The molecule has 1 saturated carbocycles. The standard InChI is InChI=1S/C12H14O3/c1-6(14)11-8-3-4-9(10(8)5-13)12(11)7(2)15/h3-5,8-12H,1-2H3/t8-,9+,10?,11+,12-. The molecule has 80 valence electrons. The van der Waals surface area contributed by atoms with Gasteiger partial charge >= 0.3 is 0 Å². The van der Waals surface area contributed by atoms with E-state index < -0.39 is 0 Å². The Bertz CT molecular complexity index is 326. The number of allylic oxidation sites excluding steroid dienone is 2. The number of carbonyl (C=O) groups excluding carboxylic acids is 3. The lowest BCUT2D eigenvalue weighted by Crippen LogP contribution is -2.30. The van der Waals surface area contributed by atoms with Gasteiger partial charge in [0.1, 0.15) is 17.9 Å². The molecule has 0 aliphatic heterocycles. The van der Waals surface area contributed by atoms with Crippen LogP contribution in [0, 0.1) is 29.6 Å². The van der Waals surface area contributed by atoms with E-state index in [1.54, 1.807) is 0 Å². The summed E-state index contributed by atoms with van der Waals surface area (Å²) in [4.78, 5) is 34.0. The summed E-state index contributed by atoms with van der Waals surface area (Å²) in [5.74, 6) is -0.733. The molecule has 2 aliphatic carbocycles. The number of hydrogen-bond donors (Lipinski definition) is 0. The number of hydrogen-bond acceptors (Lipinski definition) is 3. The van der Waals surface area contributed by atoms with Gasteiger partial charge in [-0.1, -0.05) is 12.2 Å². The van der Waals surface area contributed by atoms with Gasteiger partial charge in [-0.3, -0.25) is 9.59 Å². The summed E-state index contributed by atoms with van der Waals surface area (Å²) in [6.07, 6.45) is 4.75. The summed E-state index contributed by atoms with van der Waals surface area (Å²) in [5, 5.41) is 0. The molecular formula is C12H14O3. The maximum absolute atomic E-state index is 11.5. The van der Waals surface area contributed by atoms with Crippen LogP contribution < -0.4 is 0 Å². The van der Waals surface area contributed by atoms with Crippen molar-refractivity contribution < 1.29 is 14.4 Å². The highest BCUT2D eigenvalue weighted by atomic mass is 16.1. The molecule has 0 amide bonds. The Morgan fingerprint density at radius 1 is 1.00 bits per heavy atom. The number of aldehydes is 1. The minimum absolute atomic E-state index is 0.0268. The minimum Gasteiger partial charge on any atom is -0.303 e. The van der Waals surface area contributed by atoms with E-state index in [4.69, 9.17) is 0 Å². The van der Waals surface area contributed by atoms with Gasteiger partial charge in [0.05, 0.1) is 0 Å². The highest BCUT2D eigenvalue weighted by Crippen LogP contribution is 2.51. The fraction of sp³-hybridized carbons (Fsp3) is 0.583. The third-order valence-corrected chi connectivity index (χ3v) is 3.76. The van der Waals surface area contributed by atoms with Crippen LogP contribution in [0.4, 0.5) is 0 Å². The quantitative estimate of drug-likeness (QED) is 0.512. The zero-order valence-corrected chi connectivity index (χ0v) is 8.84. The lowest BCUT2D eigenvalue weighted by Gasteiger charge is -2.22. The van der Waals surface area contributed by atoms with Gasteiger partial charge in [0, 0.05) is 17.8 Å². The van der Waals surface area contributed by atoms with Crippen LogP contribution >= 0.6 is 0 Å². The zero-order chi connectivity index (χ0) is 11.2. The van der Waals surface area contributed by atoms with Crippen molar-refractivity contribution in [1.82, 2.24) is 0 Å². The predicted octanol–water partition coefficient (Wildman–Crippen LogP) is 1.03. The van der Waals surface area contributed by atoms with Crippen molar-refractivity contribution in [2.24, 2.45) is 29.6 Å². The Kier molecular flexibility index (Phi) is 2.33. The summed E-state index contributed by atoms with van der Waals surface area (Å²) < 4.78 is 0. The van der Waals surface area contributed by atoms with E-state index in [0.29, 0.717) is 0 Å². The molecule has 2 rings (SSSR count). The van der Waals surface area contributed by atoms with Crippen molar-refractivity contribution in [2.75, 3.05) is 0 Å². The van der Waals surface area contributed by atoms with Crippen LogP contribution in [0.2, 0.25) is 0 Å². The van der Waals surface area contributed by atoms with Gasteiger partial charge in [-0.05, 0) is 25.7 Å². The van der Waals surface area contributed by atoms with E-state index in [9.17, 15) is 14.4 Å². The summed E-state index contributed by atoms with van der Waals surface area (Å²) >= 11 is 0. The molecule has 3 heteroatoms. The molecule has 2 aliphatic rings. The number of Topliss-reactive ketones (excluding diaryl/α,β-unsaturated/α-hetero) is 2. The fourth-order valence-corrected chi connectivity index (χ4v) is 3.20. The smallest absolute Gasteiger partial charge is 0.134 e. The van der Waals surface area contributed by atoms with Crippen molar-refractivity contribution >= 4 is 17.9 Å². The summed E-state index contributed by atoms with van der Waals surface area (Å²) in [6.45, 7) is 3.02. The molecule has 0 aromatic carbocycles. The molecule has 0 radical (unpaired) electrons. The second-order valence-corrected chi connectivity index (χ2v) is 4.53. The third kappa shape index (κ3) is 1.29. The fourth-order valence-electron chi connectivity index (χ4n) is 3.20. The third-order valence-electron chi connectivity index (χ3n) is 3.76. The Labute approximate surface area is 88.5 Å². The number of fused-ring (bicyclic) bond motifs is 2. The zero-order valence-electron chi connectivity index (χ0n) is 8.84. The molecule has 0 aromatic rings. The maximum Gasteiger partial charge on any atom is 0.134 e. The number of ketones is 2. The average molecular weight is 206 g/mol. The molecule has 5 atom stereocenters. The Balaban J connectivity index is 2.39. The molecule has 0 saturated heterocycles. The van der Waals surface area contributed by atoms with Crippen molar-refractivity contribution in [3.63, 3.8) is 0 Å². The molecule has 1 fully saturated rings. The second kappa shape index (κ2) is 3.40. The first-order valence-corrected chi connectivity index (χ1v) is 5.22. The Morgan fingerprint density at radius 3 is 1.67 bits per heavy atom. The lowest BCUT2D eigenvalue weighted by molar-refractivity contribution is -0.130. The van der Waals surface area contributed by atoms with Crippen LogP contribution in [0.15, 0.2) is 12.2 Å². The van der Waals surface area contributed by atoms with E-state index in [2.05, 4.69) is 0 Å². The Morgan fingerprint density at radius 2 is 1.40 bits per heavy atom.